The molecule has 4 nitrogen and oxygen atoms in total. The highest BCUT2D eigenvalue weighted by Crippen LogP contribution is 2.36. The molecule has 0 amide bonds. The normalized spacial score (nSPS) is 11.6. The molecule has 0 aliphatic heterocycles. The summed E-state index contributed by atoms with van der Waals surface area (Å²) in [5.74, 6) is 0. The maximum absolute atomic E-state index is 12.3. The second kappa shape index (κ2) is 5.98. The van der Waals surface area contributed by atoms with Gasteiger partial charge in [0.05, 0.1) is 18.3 Å². The Kier molecular flexibility index (Phi) is 4.95. The van der Waals surface area contributed by atoms with Gasteiger partial charge in [-0.1, -0.05) is 11.6 Å². The van der Waals surface area contributed by atoms with Crippen LogP contribution in [0.4, 0.5) is 5.69 Å². The van der Waals surface area contributed by atoms with E-state index < -0.39 is 10.0 Å². The number of nitrogens with zero attached hydrogens (tertiary/aromatic N) is 1. The Bertz CT molecular complexity index is 733. The Hall–Kier alpha value is 0.330. The molecule has 0 spiro atoms. The molecule has 0 saturated carbocycles. The molecule has 0 atom stereocenters. The zero-order valence-corrected chi connectivity index (χ0v) is 16.0. The number of thiophene rings is 1. The highest BCUT2D eigenvalue weighted by atomic mass is 79.9. The van der Waals surface area contributed by atoms with Gasteiger partial charge in [0.2, 0.25) is 0 Å². The molecule has 0 aromatic carbocycles. The van der Waals surface area contributed by atoms with Crippen LogP contribution in [-0.4, -0.2) is 13.4 Å². The van der Waals surface area contributed by atoms with Gasteiger partial charge in [-0.3, -0.25) is 4.72 Å². The number of sulfonamides is 1. The highest BCUT2D eigenvalue weighted by molar-refractivity contribution is 9.12. The number of halogens is 4. The Morgan fingerprint density at radius 2 is 1.95 bits per heavy atom. The summed E-state index contributed by atoms with van der Waals surface area (Å²) >= 11 is 16.7. The highest BCUT2D eigenvalue weighted by Gasteiger charge is 2.21. The van der Waals surface area contributed by atoms with Crippen LogP contribution in [0.25, 0.3) is 0 Å². The van der Waals surface area contributed by atoms with Crippen LogP contribution in [-0.2, 0) is 10.0 Å². The van der Waals surface area contributed by atoms with Crippen molar-refractivity contribution >= 4 is 86.4 Å². The summed E-state index contributed by atoms with van der Waals surface area (Å²) in [4.78, 5) is 4.07. The quantitative estimate of drug-likeness (QED) is 0.598. The van der Waals surface area contributed by atoms with E-state index in [4.69, 9.17) is 11.6 Å². The van der Waals surface area contributed by atoms with Crippen molar-refractivity contribution in [3.8, 4) is 0 Å². The number of hydrogen-bond acceptors (Lipinski definition) is 4. The molecular weight excluding hydrogens is 507 g/mol. The van der Waals surface area contributed by atoms with Crippen molar-refractivity contribution in [2.45, 2.75) is 4.90 Å². The average Bonchev–Trinajstić information content (AvgIpc) is 2.63. The minimum Gasteiger partial charge on any atom is -0.277 e. The van der Waals surface area contributed by atoms with Crippen LogP contribution < -0.4 is 4.72 Å². The van der Waals surface area contributed by atoms with Crippen LogP contribution in [0.5, 0.6) is 0 Å². The first kappa shape index (κ1) is 15.7. The molecule has 1 N–H and O–H groups in total. The van der Waals surface area contributed by atoms with Crippen molar-refractivity contribution in [3.63, 3.8) is 0 Å². The summed E-state index contributed by atoms with van der Waals surface area (Å²) in [6.07, 6.45) is 1.42. The van der Waals surface area contributed by atoms with Crippen LogP contribution in [0.1, 0.15) is 0 Å². The Labute approximate surface area is 144 Å². The van der Waals surface area contributed by atoms with E-state index in [1.54, 1.807) is 0 Å². The van der Waals surface area contributed by atoms with Gasteiger partial charge >= 0.3 is 0 Å². The lowest BCUT2D eigenvalue weighted by molar-refractivity contribution is 0.601. The summed E-state index contributed by atoms with van der Waals surface area (Å²) in [6, 6.07) is 2.99. The van der Waals surface area contributed by atoms with E-state index in [1.165, 1.54) is 29.7 Å². The monoisotopic (exact) mass is 508 g/mol. The molecule has 0 aliphatic carbocycles. The van der Waals surface area contributed by atoms with E-state index in [0.29, 0.717) is 17.2 Å². The molecule has 2 heterocycles. The van der Waals surface area contributed by atoms with Gasteiger partial charge in [-0.15, -0.1) is 11.3 Å². The number of rotatable bonds is 3. The van der Waals surface area contributed by atoms with Crippen molar-refractivity contribution in [1.29, 1.82) is 0 Å². The van der Waals surface area contributed by atoms with E-state index in [2.05, 4.69) is 57.5 Å². The second-order valence-electron chi connectivity index (χ2n) is 3.29. The van der Waals surface area contributed by atoms with Crippen molar-refractivity contribution in [3.05, 3.63) is 35.5 Å². The number of aromatic nitrogens is 1. The molecule has 2 aromatic rings. The molecule has 0 fully saturated rings. The topological polar surface area (TPSA) is 59.1 Å². The summed E-state index contributed by atoms with van der Waals surface area (Å²) in [6.45, 7) is 0. The first-order valence-corrected chi connectivity index (χ1v) is 9.64. The third kappa shape index (κ3) is 3.70. The van der Waals surface area contributed by atoms with Gasteiger partial charge in [0.15, 0.2) is 0 Å². The largest absolute Gasteiger partial charge is 0.277 e. The third-order valence-corrected chi connectivity index (χ3v) is 6.92. The molecule has 0 bridgehead atoms. The zero-order chi connectivity index (χ0) is 14.2. The van der Waals surface area contributed by atoms with Crippen molar-refractivity contribution < 1.29 is 8.42 Å². The molecule has 0 aliphatic rings. The predicted octanol–water partition coefficient (Wildman–Crippen LogP) is 4.88. The van der Waals surface area contributed by atoms with Gasteiger partial charge in [0.1, 0.15) is 9.50 Å². The van der Waals surface area contributed by atoms with Crippen molar-refractivity contribution in [2.24, 2.45) is 0 Å². The Morgan fingerprint density at radius 1 is 1.26 bits per heavy atom. The number of pyridine rings is 1. The van der Waals surface area contributed by atoms with E-state index in [9.17, 15) is 8.42 Å². The molecule has 0 radical (unpaired) electrons. The van der Waals surface area contributed by atoms with Crippen LogP contribution in [0.3, 0.4) is 0 Å². The Morgan fingerprint density at radius 3 is 2.53 bits per heavy atom. The standard InChI is InChI=1S/C9H4Br3ClN2O2S2/c10-7-2-6(9(12)18-7)19(16,17)15-5-1-4(13)3-14-8(5)11/h1-3,15H. The minimum absolute atomic E-state index is 0.149. The van der Waals surface area contributed by atoms with Crippen molar-refractivity contribution in [1.82, 2.24) is 4.98 Å². The van der Waals surface area contributed by atoms with Gasteiger partial charge in [-0.2, -0.15) is 0 Å². The smallest absolute Gasteiger partial charge is 0.264 e. The van der Waals surface area contributed by atoms with E-state index in [0.717, 1.165) is 0 Å². The number of hydrogen-bond donors (Lipinski definition) is 1. The van der Waals surface area contributed by atoms with Gasteiger partial charge < -0.3 is 0 Å². The van der Waals surface area contributed by atoms with Gasteiger partial charge in [0.25, 0.3) is 10.0 Å². The van der Waals surface area contributed by atoms with E-state index in [1.807, 2.05) is 0 Å². The maximum atomic E-state index is 12.3. The van der Waals surface area contributed by atoms with E-state index in [-0.39, 0.29) is 10.6 Å². The third-order valence-electron chi connectivity index (χ3n) is 1.96. The molecule has 19 heavy (non-hydrogen) atoms. The fraction of sp³-hybridized carbons (Fsp3) is 0. The first-order valence-electron chi connectivity index (χ1n) is 4.58. The molecule has 2 aromatic heterocycles. The first-order chi connectivity index (χ1) is 8.79. The fourth-order valence-electron chi connectivity index (χ4n) is 1.20. The summed E-state index contributed by atoms with van der Waals surface area (Å²) in [5, 5.41) is 0.339. The lowest BCUT2D eigenvalue weighted by Crippen LogP contribution is -2.13. The maximum Gasteiger partial charge on any atom is 0.264 e. The number of anilines is 1. The zero-order valence-electron chi connectivity index (χ0n) is 8.82. The minimum atomic E-state index is -3.71. The molecule has 102 valence electrons. The van der Waals surface area contributed by atoms with Crippen LogP contribution in [0.15, 0.2) is 35.4 Å². The molecule has 0 unspecified atom stereocenters. The summed E-state index contributed by atoms with van der Waals surface area (Å²) in [7, 11) is -3.71. The molecule has 2 rings (SSSR count). The molecule has 0 saturated heterocycles. The van der Waals surface area contributed by atoms with Crippen LogP contribution in [0.2, 0.25) is 5.02 Å². The molecule has 10 heteroatoms. The van der Waals surface area contributed by atoms with Crippen LogP contribution in [0, 0.1) is 0 Å². The van der Waals surface area contributed by atoms with Crippen molar-refractivity contribution in [2.75, 3.05) is 4.72 Å². The van der Waals surface area contributed by atoms with E-state index >= 15 is 0 Å². The van der Waals surface area contributed by atoms with Crippen LogP contribution >= 0.6 is 70.7 Å². The summed E-state index contributed by atoms with van der Waals surface area (Å²) in [5.41, 5.74) is 0.279. The van der Waals surface area contributed by atoms with Gasteiger partial charge in [0, 0.05) is 6.20 Å². The Balaban J connectivity index is 2.42. The second-order valence-corrected chi connectivity index (χ2v) is 9.87. The van der Waals surface area contributed by atoms with Gasteiger partial charge in [-0.05, 0) is 59.9 Å². The SMILES string of the molecule is O=S(=O)(Nc1cc(Cl)cnc1Br)c1cc(Br)sc1Br. The fourth-order valence-corrected chi connectivity index (χ4v) is 6.68. The lowest BCUT2D eigenvalue weighted by Gasteiger charge is -2.08. The number of nitrogens with one attached hydrogen (secondary N) is 1. The lowest BCUT2D eigenvalue weighted by atomic mass is 10.4. The molecular formula is C9H4Br3ClN2O2S2. The van der Waals surface area contributed by atoms with Gasteiger partial charge in [-0.25, -0.2) is 13.4 Å². The predicted molar refractivity (Wildman–Crippen MR) is 87.5 cm³/mol. The summed E-state index contributed by atoms with van der Waals surface area (Å²) < 4.78 is 28.5. The average molecular weight is 511 g/mol.